The Morgan fingerprint density at radius 1 is 1.18 bits per heavy atom. The van der Waals surface area contributed by atoms with Crippen LogP contribution in [0.3, 0.4) is 0 Å². The highest BCUT2D eigenvalue weighted by Gasteiger charge is 2.24. The molecule has 152 valence electrons. The second kappa shape index (κ2) is 8.26. The molecule has 1 aliphatic rings. The number of ether oxygens (including phenoxy) is 1. The minimum absolute atomic E-state index is 0.144. The number of halogens is 2. The van der Waals surface area contributed by atoms with Gasteiger partial charge in [-0.25, -0.2) is 12.8 Å². The molecule has 0 spiro atoms. The largest absolute Gasteiger partial charge is 0.495 e. The van der Waals surface area contributed by atoms with Crippen LogP contribution in [0.15, 0.2) is 45.8 Å². The summed E-state index contributed by atoms with van der Waals surface area (Å²) in [5, 5.41) is 3.47. The number of anilines is 2. The summed E-state index contributed by atoms with van der Waals surface area (Å²) in [5.41, 5.74) is 1.20. The van der Waals surface area contributed by atoms with Crippen molar-refractivity contribution >= 4 is 37.3 Å². The van der Waals surface area contributed by atoms with E-state index in [2.05, 4.69) is 44.7 Å². The lowest BCUT2D eigenvalue weighted by atomic mass is 10.1. The molecule has 0 aliphatic carbocycles. The lowest BCUT2D eigenvalue weighted by molar-refractivity contribution is 0.391. The summed E-state index contributed by atoms with van der Waals surface area (Å²) in [7, 11) is -2.34. The van der Waals surface area contributed by atoms with Crippen molar-refractivity contribution in [3.63, 3.8) is 0 Å². The Hall–Kier alpha value is -1.84. The molecule has 1 heterocycles. The monoisotopic (exact) mass is 471 g/mol. The standard InChI is InChI=1S/C19H23BrFN3O3S/c1-12-10-24(11-13(2)22-12)18-8-14(4-7-19(18)27-3)23-28(25,26)15-5-6-16(20)17(21)9-15/h4-9,12-13,22-23H,10-11H2,1-3H3. The summed E-state index contributed by atoms with van der Waals surface area (Å²) in [6.45, 7) is 5.75. The maximum absolute atomic E-state index is 13.8. The van der Waals surface area contributed by atoms with Gasteiger partial charge < -0.3 is 15.0 Å². The Bertz CT molecular complexity index is 961. The topological polar surface area (TPSA) is 70.7 Å². The van der Waals surface area contributed by atoms with Crippen LogP contribution in [0.25, 0.3) is 0 Å². The Morgan fingerprint density at radius 3 is 2.46 bits per heavy atom. The van der Waals surface area contributed by atoms with Gasteiger partial charge in [0.05, 0.1) is 27.9 Å². The zero-order chi connectivity index (χ0) is 20.5. The highest BCUT2D eigenvalue weighted by molar-refractivity contribution is 9.10. The summed E-state index contributed by atoms with van der Waals surface area (Å²) in [6.07, 6.45) is 0. The number of hydrogen-bond donors (Lipinski definition) is 2. The first-order valence-corrected chi connectivity index (χ1v) is 11.1. The van der Waals surface area contributed by atoms with Crippen LogP contribution in [0.5, 0.6) is 5.75 Å². The van der Waals surface area contributed by atoms with Crippen LogP contribution in [0.1, 0.15) is 13.8 Å². The molecule has 1 saturated heterocycles. The Balaban J connectivity index is 1.91. The van der Waals surface area contributed by atoms with Crippen molar-refractivity contribution in [3.8, 4) is 5.75 Å². The van der Waals surface area contributed by atoms with Gasteiger partial charge in [-0.1, -0.05) is 0 Å². The number of nitrogens with one attached hydrogen (secondary N) is 2. The van der Waals surface area contributed by atoms with E-state index in [1.165, 1.54) is 12.1 Å². The summed E-state index contributed by atoms with van der Waals surface area (Å²) in [5.74, 6) is 0.0287. The molecule has 0 bridgehead atoms. The number of hydrogen-bond acceptors (Lipinski definition) is 5. The van der Waals surface area contributed by atoms with Crippen LogP contribution in [0.4, 0.5) is 15.8 Å². The SMILES string of the molecule is COc1ccc(NS(=O)(=O)c2ccc(Br)c(F)c2)cc1N1CC(C)NC(C)C1. The fourth-order valence-corrected chi connectivity index (χ4v) is 4.69. The van der Waals surface area contributed by atoms with Crippen LogP contribution in [0.2, 0.25) is 0 Å². The van der Waals surface area contributed by atoms with Gasteiger partial charge in [0.1, 0.15) is 11.6 Å². The average Bonchev–Trinajstić information content (AvgIpc) is 2.62. The van der Waals surface area contributed by atoms with Crippen molar-refractivity contribution in [1.29, 1.82) is 0 Å². The lowest BCUT2D eigenvalue weighted by Crippen LogP contribution is -2.54. The van der Waals surface area contributed by atoms with E-state index in [-0.39, 0.29) is 9.37 Å². The van der Waals surface area contributed by atoms with Gasteiger partial charge in [0.25, 0.3) is 10.0 Å². The normalized spacial score (nSPS) is 20.1. The highest BCUT2D eigenvalue weighted by atomic mass is 79.9. The predicted octanol–water partition coefficient (Wildman–Crippen LogP) is 3.58. The number of methoxy groups -OCH3 is 1. The van der Waals surface area contributed by atoms with Crippen LogP contribution in [-0.4, -0.2) is 40.7 Å². The predicted molar refractivity (Wildman–Crippen MR) is 112 cm³/mol. The molecule has 1 aliphatic heterocycles. The van der Waals surface area contributed by atoms with E-state index >= 15 is 0 Å². The van der Waals surface area contributed by atoms with E-state index in [0.29, 0.717) is 23.5 Å². The third-order valence-corrected chi connectivity index (χ3v) is 6.55. The van der Waals surface area contributed by atoms with E-state index in [1.807, 2.05) is 0 Å². The maximum Gasteiger partial charge on any atom is 0.261 e. The number of sulfonamides is 1. The molecule has 3 rings (SSSR count). The van der Waals surface area contributed by atoms with E-state index in [4.69, 9.17) is 4.74 Å². The fourth-order valence-electron chi connectivity index (χ4n) is 3.38. The van der Waals surface area contributed by atoms with Crippen LogP contribution >= 0.6 is 15.9 Å². The van der Waals surface area contributed by atoms with E-state index in [0.717, 1.165) is 24.8 Å². The minimum Gasteiger partial charge on any atom is -0.495 e. The second-order valence-corrected chi connectivity index (χ2v) is 9.48. The number of benzene rings is 2. The van der Waals surface area contributed by atoms with Gasteiger partial charge >= 0.3 is 0 Å². The van der Waals surface area contributed by atoms with Gasteiger partial charge in [-0.15, -0.1) is 0 Å². The van der Waals surface area contributed by atoms with Crippen LogP contribution in [0, 0.1) is 5.82 Å². The van der Waals surface area contributed by atoms with Crippen molar-refractivity contribution in [2.45, 2.75) is 30.8 Å². The molecule has 0 radical (unpaired) electrons. The molecule has 6 nitrogen and oxygen atoms in total. The number of nitrogens with zero attached hydrogens (tertiary/aromatic N) is 1. The molecule has 0 saturated carbocycles. The van der Waals surface area contributed by atoms with E-state index < -0.39 is 15.8 Å². The Labute approximate surface area is 173 Å². The van der Waals surface area contributed by atoms with Gasteiger partial charge in [-0.05, 0) is 66.2 Å². The first-order chi connectivity index (χ1) is 13.2. The molecule has 0 aromatic heterocycles. The Morgan fingerprint density at radius 2 is 1.86 bits per heavy atom. The van der Waals surface area contributed by atoms with E-state index in [1.54, 1.807) is 25.3 Å². The summed E-state index contributed by atoms with van der Waals surface area (Å²) in [6, 6.07) is 9.38. The van der Waals surface area contributed by atoms with Crippen molar-refractivity contribution in [3.05, 3.63) is 46.7 Å². The molecule has 2 atom stereocenters. The molecule has 9 heteroatoms. The van der Waals surface area contributed by atoms with Crippen LogP contribution in [-0.2, 0) is 10.0 Å². The number of rotatable bonds is 5. The van der Waals surface area contributed by atoms with Crippen molar-refractivity contribution in [2.75, 3.05) is 29.8 Å². The fraction of sp³-hybridized carbons (Fsp3) is 0.368. The minimum atomic E-state index is -3.92. The summed E-state index contributed by atoms with van der Waals surface area (Å²) < 4.78 is 47.3. The zero-order valence-electron chi connectivity index (χ0n) is 15.9. The molecule has 2 aromatic carbocycles. The van der Waals surface area contributed by atoms with Gasteiger partial charge in [-0.3, -0.25) is 4.72 Å². The lowest BCUT2D eigenvalue weighted by Gasteiger charge is -2.38. The molecular weight excluding hydrogens is 449 g/mol. The third kappa shape index (κ3) is 4.59. The van der Waals surface area contributed by atoms with E-state index in [9.17, 15) is 12.8 Å². The Kier molecular flexibility index (Phi) is 6.16. The summed E-state index contributed by atoms with van der Waals surface area (Å²) >= 11 is 3.03. The first kappa shape index (κ1) is 20.9. The molecule has 2 aromatic rings. The highest BCUT2D eigenvalue weighted by Crippen LogP contribution is 2.33. The maximum atomic E-state index is 13.8. The second-order valence-electron chi connectivity index (χ2n) is 6.94. The molecular formula is C19H23BrFN3O3S. The van der Waals surface area contributed by atoms with Gasteiger partial charge in [0, 0.05) is 25.2 Å². The van der Waals surface area contributed by atoms with Crippen molar-refractivity contribution < 1.29 is 17.5 Å². The van der Waals surface area contributed by atoms with Crippen molar-refractivity contribution in [1.82, 2.24) is 5.32 Å². The smallest absolute Gasteiger partial charge is 0.261 e. The van der Waals surface area contributed by atoms with Gasteiger partial charge in [-0.2, -0.15) is 0 Å². The van der Waals surface area contributed by atoms with Gasteiger partial charge in [0.2, 0.25) is 0 Å². The molecule has 2 unspecified atom stereocenters. The number of piperazine rings is 1. The van der Waals surface area contributed by atoms with Crippen molar-refractivity contribution in [2.24, 2.45) is 0 Å². The average molecular weight is 472 g/mol. The molecule has 1 fully saturated rings. The quantitative estimate of drug-likeness (QED) is 0.697. The third-order valence-electron chi connectivity index (χ3n) is 4.53. The first-order valence-electron chi connectivity index (χ1n) is 8.86. The molecule has 28 heavy (non-hydrogen) atoms. The molecule has 0 amide bonds. The molecule has 2 N–H and O–H groups in total. The zero-order valence-corrected chi connectivity index (χ0v) is 18.3. The van der Waals surface area contributed by atoms with Crippen LogP contribution < -0.4 is 19.7 Å². The van der Waals surface area contributed by atoms with Gasteiger partial charge in [0.15, 0.2) is 0 Å². The summed E-state index contributed by atoms with van der Waals surface area (Å²) in [4.78, 5) is 2.02.